The highest BCUT2D eigenvalue weighted by molar-refractivity contribution is 9.10. The van der Waals surface area contributed by atoms with Crippen LogP contribution in [-0.4, -0.2) is 15.0 Å². The van der Waals surface area contributed by atoms with Crippen LogP contribution in [0.4, 0.5) is 5.69 Å². The van der Waals surface area contributed by atoms with Gasteiger partial charge in [0.15, 0.2) is 0 Å². The van der Waals surface area contributed by atoms with Crippen molar-refractivity contribution < 1.29 is 8.42 Å². The summed E-state index contributed by atoms with van der Waals surface area (Å²) in [7, 11) is -3.47. The van der Waals surface area contributed by atoms with Crippen molar-refractivity contribution in [3.63, 3.8) is 0 Å². The Morgan fingerprint density at radius 1 is 1.35 bits per heavy atom. The van der Waals surface area contributed by atoms with E-state index >= 15 is 0 Å². The molecule has 0 aliphatic carbocycles. The van der Waals surface area contributed by atoms with Crippen LogP contribution in [0.1, 0.15) is 26.2 Å². The van der Waals surface area contributed by atoms with Crippen molar-refractivity contribution in [2.75, 3.05) is 12.3 Å². The Balaban J connectivity index is 2.79. The average Bonchev–Trinajstić information content (AvgIpc) is 2.28. The second kappa shape index (κ2) is 6.37. The molecule has 96 valence electrons. The first kappa shape index (κ1) is 14.5. The monoisotopic (exact) mass is 320 g/mol. The van der Waals surface area contributed by atoms with Crippen LogP contribution in [0.15, 0.2) is 27.6 Å². The Bertz CT molecular complexity index is 474. The van der Waals surface area contributed by atoms with Gasteiger partial charge in [-0.3, -0.25) is 0 Å². The molecule has 0 bridgehead atoms. The molecule has 0 aliphatic rings. The van der Waals surface area contributed by atoms with Gasteiger partial charge in [-0.15, -0.1) is 0 Å². The number of nitrogens with two attached hydrogens (primary N) is 1. The molecule has 0 fully saturated rings. The number of hydrogen-bond acceptors (Lipinski definition) is 3. The molecule has 0 radical (unpaired) electrons. The van der Waals surface area contributed by atoms with Crippen molar-refractivity contribution >= 4 is 31.6 Å². The average molecular weight is 321 g/mol. The number of anilines is 1. The third kappa shape index (κ3) is 4.29. The van der Waals surface area contributed by atoms with Crippen LogP contribution in [0.3, 0.4) is 0 Å². The number of hydrogen-bond donors (Lipinski definition) is 2. The van der Waals surface area contributed by atoms with Gasteiger partial charge < -0.3 is 5.73 Å². The normalized spacial score (nSPS) is 11.6. The second-order valence-corrected chi connectivity index (χ2v) is 6.38. The Kier molecular flexibility index (Phi) is 5.42. The van der Waals surface area contributed by atoms with Crippen LogP contribution >= 0.6 is 15.9 Å². The summed E-state index contributed by atoms with van der Waals surface area (Å²) < 4.78 is 27.0. The van der Waals surface area contributed by atoms with Crippen molar-refractivity contribution in [2.24, 2.45) is 0 Å². The van der Waals surface area contributed by atoms with Gasteiger partial charge in [0.1, 0.15) is 0 Å². The van der Waals surface area contributed by atoms with E-state index in [0.29, 0.717) is 16.7 Å². The first-order valence-corrected chi connectivity index (χ1v) is 7.79. The van der Waals surface area contributed by atoms with Crippen molar-refractivity contribution in [3.8, 4) is 0 Å². The zero-order chi connectivity index (χ0) is 12.9. The van der Waals surface area contributed by atoms with Crippen molar-refractivity contribution in [1.29, 1.82) is 0 Å². The molecule has 0 saturated carbocycles. The fraction of sp³-hybridized carbons (Fsp3) is 0.455. The highest BCUT2D eigenvalue weighted by Crippen LogP contribution is 2.23. The van der Waals surface area contributed by atoms with E-state index in [4.69, 9.17) is 5.73 Å². The van der Waals surface area contributed by atoms with Gasteiger partial charge in [-0.1, -0.05) is 19.8 Å². The zero-order valence-electron chi connectivity index (χ0n) is 9.74. The molecule has 0 saturated heterocycles. The summed E-state index contributed by atoms with van der Waals surface area (Å²) in [5, 5.41) is 0. The van der Waals surface area contributed by atoms with Gasteiger partial charge in [-0.2, -0.15) is 0 Å². The lowest BCUT2D eigenvalue weighted by Gasteiger charge is -2.08. The van der Waals surface area contributed by atoms with Crippen LogP contribution in [0.2, 0.25) is 0 Å². The minimum absolute atomic E-state index is 0.189. The Morgan fingerprint density at radius 3 is 2.71 bits per heavy atom. The first-order valence-electron chi connectivity index (χ1n) is 5.52. The van der Waals surface area contributed by atoms with Gasteiger partial charge in [0, 0.05) is 16.7 Å². The fourth-order valence-corrected chi connectivity index (χ4v) is 3.46. The second-order valence-electron chi connectivity index (χ2n) is 3.79. The van der Waals surface area contributed by atoms with Crippen LogP contribution in [0, 0.1) is 0 Å². The topological polar surface area (TPSA) is 72.2 Å². The molecule has 4 nitrogen and oxygen atoms in total. The van der Waals surface area contributed by atoms with Crippen LogP contribution in [0.5, 0.6) is 0 Å². The molecule has 0 spiro atoms. The minimum Gasteiger partial charge on any atom is -0.399 e. The van der Waals surface area contributed by atoms with Crippen LogP contribution in [-0.2, 0) is 10.0 Å². The van der Waals surface area contributed by atoms with E-state index in [1.807, 2.05) is 0 Å². The number of unbranched alkanes of at least 4 members (excludes halogenated alkanes) is 2. The summed E-state index contributed by atoms with van der Waals surface area (Å²) in [4.78, 5) is 0.189. The molecule has 0 atom stereocenters. The minimum atomic E-state index is -3.47. The van der Waals surface area contributed by atoms with Gasteiger partial charge in [-0.05, 0) is 40.5 Å². The van der Waals surface area contributed by atoms with Gasteiger partial charge >= 0.3 is 0 Å². The summed E-state index contributed by atoms with van der Waals surface area (Å²) >= 11 is 3.21. The maximum Gasteiger partial charge on any atom is 0.241 e. The highest BCUT2D eigenvalue weighted by Gasteiger charge is 2.16. The summed E-state index contributed by atoms with van der Waals surface area (Å²) in [5.41, 5.74) is 6.02. The molecular formula is C11H17BrN2O2S. The van der Waals surface area contributed by atoms with Crippen LogP contribution in [0.25, 0.3) is 0 Å². The van der Waals surface area contributed by atoms with Gasteiger partial charge in [0.25, 0.3) is 0 Å². The molecule has 0 amide bonds. The predicted molar refractivity (Wildman–Crippen MR) is 73.3 cm³/mol. The molecule has 6 heteroatoms. The first-order chi connectivity index (χ1) is 7.97. The number of benzene rings is 1. The van der Waals surface area contributed by atoms with E-state index in [2.05, 4.69) is 27.6 Å². The smallest absolute Gasteiger partial charge is 0.241 e. The highest BCUT2D eigenvalue weighted by atomic mass is 79.9. The van der Waals surface area contributed by atoms with Crippen molar-refractivity contribution in [3.05, 3.63) is 22.7 Å². The molecule has 0 heterocycles. The third-order valence-corrected chi connectivity index (χ3v) is 4.77. The van der Waals surface area contributed by atoms with Gasteiger partial charge in [0.2, 0.25) is 10.0 Å². The number of rotatable bonds is 6. The Hall–Kier alpha value is -0.590. The van der Waals surface area contributed by atoms with E-state index in [1.165, 1.54) is 6.07 Å². The van der Waals surface area contributed by atoms with E-state index in [9.17, 15) is 8.42 Å². The maximum atomic E-state index is 12.0. The lowest BCUT2D eigenvalue weighted by atomic mass is 10.3. The summed E-state index contributed by atoms with van der Waals surface area (Å²) in [6.07, 6.45) is 2.92. The number of nitrogens with one attached hydrogen (secondary N) is 1. The zero-order valence-corrected chi connectivity index (χ0v) is 12.1. The van der Waals surface area contributed by atoms with Gasteiger partial charge in [-0.25, -0.2) is 13.1 Å². The summed E-state index contributed by atoms with van der Waals surface area (Å²) in [5.74, 6) is 0. The largest absolute Gasteiger partial charge is 0.399 e. The van der Waals surface area contributed by atoms with E-state index in [1.54, 1.807) is 12.1 Å². The van der Waals surface area contributed by atoms with Gasteiger partial charge in [0.05, 0.1) is 4.90 Å². The standard InChI is InChI=1S/C11H17BrN2O2S/c1-2-3-4-7-14-17(15,16)11-8-9(13)5-6-10(11)12/h5-6,8,14H,2-4,7,13H2,1H3. The van der Waals surface area contributed by atoms with Crippen molar-refractivity contribution in [1.82, 2.24) is 4.72 Å². The molecule has 3 N–H and O–H groups in total. The molecule has 0 aromatic heterocycles. The van der Waals surface area contributed by atoms with Crippen molar-refractivity contribution in [2.45, 2.75) is 31.1 Å². The fourth-order valence-electron chi connectivity index (χ4n) is 1.39. The number of halogens is 1. The van der Waals surface area contributed by atoms with Crippen LogP contribution < -0.4 is 10.5 Å². The van der Waals surface area contributed by atoms with E-state index in [-0.39, 0.29) is 4.90 Å². The maximum absolute atomic E-state index is 12.0. The number of sulfonamides is 1. The van der Waals surface area contributed by atoms with E-state index in [0.717, 1.165) is 19.3 Å². The Labute approximate surface area is 111 Å². The SMILES string of the molecule is CCCCCNS(=O)(=O)c1cc(N)ccc1Br. The molecule has 0 unspecified atom stereocenters. The molecule has 0 aliphatic heterocycles. The molecular weight excluding hydrogens is 304 g/mol. The van der Waals surface area contributed by atoms with E-state index < -0.39 is 10.0 Å². The predicted octanol–water partition coefficient (Wildman–Crippen LogP) is 2.50. The summed E-state index contributed by atoms with van der Waals surface area (Å²) in [6.45, 7) is 2.53. The Morgan fingerprint density at radius 2 is 2.06 bits per heavy atom. The lowest BCUT2D eigenvalue weighted by Crippen LogP contribution is -2.25. The molecule has 17 heavy (non-hydrogen) atoms. The lowest BCUT2D eigenvalue weighted by molar-refractivity contribution is 0.575. The molecule has 1 aromatic carbocycles. The molecule has 1 aromatic rings. The third-order valence-electron chi connectivity index (χ3n) is 2.32. The summed E-state index contributed by atoms with van der Waals surface area (Å²) in [6, 6.07) is 4.74. The molecule has 1 rings (SSSR count). The number of nitrogen functional groups attached to an aromatic ring is 1. The quantitative estimate of drug-likeness (QED) is 0.624.